The fourth-order valence-electron chi connectivity index (χ4n) is 3.70. The molecule has 2 atom stereocenters. The molecule has 43 heavy (non-hydrogen) atoms. The van der Waals surface area contributed by atoms with Gasteiger partial charge in [0.05, 0.1) is 23.3 Å². The first-order valence-electron chi connectivity index (χ1n) is 14.6. The Kier molecular flexibility index (Phi) is 11.8. The fraction of sp³-hybridized carbons (Fsp3) is 0.531. The third-order valence-electron chi connectivity index (χ3n) is 8.78. The van der Waals surface area contributed by atoms with E-state index in [1.807, 2.05) is 19.1 Å². The van der Waals surface area contributed by atoms with Gasteiger partial charge in [-0.3, -0.25) is 20.4 Å². The summed E-state index contributed by atoms with van der Waals surface area (Å²) in [6.07, 6.45) is -0.549. The molecule has 0 aliphatic carbocycles. The average Bonchev–Trinajstić information content (AvgIpc) is 2.90. The second-order valence-electron chi connectivity index (χ2n) is 14.1. The van der Waals surface area contributed by atoms with Crippen molar-refractivity contribution in [3.63, 3.8) is 0 Å². The highest BCUT2D eigenvalue weighted by molar-refractivity contribution is 6.74. The molecule has 0 saturated heterocycles. The molecule has 236 valence electrons. The second kappa shape index (κ2) is 14.0. The maximum Gasteiger partial charge on any atom is 0.269 e. The quantitative estimate of drug-likeness (QED) is 0.181. The predicted molar refractivity (Wildman–Crippen MR) is 180 cm³/mol. The van der Waals surface area contributed by atoms with E-state index in [1.54, 1.807) is 31.2 Å². The molecule has 2 rings (SSSR count). The van der Waals surface area contributed by atoms with Gasteiger partial charge in [-0.05, 0) is 85.5 Å². The molecule has 2 aromatic rings. The average molecular weight is 645 g/mol. The van der Waals surface area contributed by atoms with Crippen LogP contribution in [0.3, 0.4) is 0 Å². The normalized spacial score (nSPS) is 14.0. The summed E-state index contributed by atoms with van der Waals surface area (Å²) in [5, 5.41) is 12.9. The minimum atomic E-state index is -2.25. The van der Waals surface area contributed by atoms with Crippen molar-refractivity contribution in [1.82, 2.24) is 10.9 Å². The van der Waals surface area contributed by atoms with Gasteiger partial charge in [0.25, 0.3) is 11.8 Å². The van der Waals surface area contributed by atoms with Crippen molar-refractivity contribution in [2.24, 2.45) is 0 Å². The standard InChI is InChI=1S/C32H49ClN4O4Si2/c1-21-26(18-17-25(19-34)27(21)33)35-28(22(2)41-43(11,12)32(6,7)8)30(39)37-36-29(38)24-15-13-23(14-16-24)20-40-42(9,10)31(3,4)5/h13-18,22,28,35H,20H2,1-12H3,(H,36,38)(H,37,39)/t22-,28+/m0/s1. The van der Waals surface area contributed by atoms with Crippen LogP contribution in [-0.4, -0.2) is 40.6 Å². The molecule has 0 aromatic heterocycles. The summed E-state index contributed by atoms with van der Waals surface area (Å²) in [4.78, 5) is 26.5. The van der Waals surface area contributed by atoms with Gasteiger partial charge in [0.2, 0.25) is 0 Å². The van der Waals surface area contributed by atoms with Gasteiger partial charge in [-0.2, -0.15) is 5.26 Å². The smallest absolute Gasteiger partial charge is 0.269 e. The van der Waals surface area contributed by atoms with Crippen molar-refractivity contribution in [2.45, 2.75) is 110 Å². The van der Waals surface area contributed by atoms with Crippen molar-refractivity contribution in [2.75, 3.05) is 5.32 Å². The zero-order valence-electron chi connectivity index (χ0n) is 27.8. The third-order valence-corrected chi connectivity index (χ3v) is 18.3. The van der Waals surface area contributed by atoms with Crippen molar-refractivity contribution in [1.29, 1.82) is 5.26 Å². The Hall–Kier alpha value is -2.69. The van der Waals surface area contributed by atoms with E-state index in [-0.39, 0.29) is 10.1 Å². The van der Waals surface area contributed by atoms with E-state index in [2.05, 4.69) is 90.0 Å². The van der Waals surface area contributed by atoms with Gasteiger partial charge in [-0.25, -0.2) is 0 Å². The Morgan fingerprint density at radius 3 is 2.00 bits per heavy atom. The molecular weight excluding hydrogens is 596 g/mol. The highest BCUT2D eigenvalue weighted by Gasteiger charge is 2.41. The molecule has 0 heterocycles. The zero-order chi connectivity index (χ0) is 33.0. The molecule has 11 heteroatoms. The van der Waals surface area contributed by atoms with Gasteiger partial charge in [0.15, 0.2) is 16.6 Å². The summed E-state index contributed by atoms with van der Waals surface area (Å²) in [6.45, 7) is 25.7. The lowest BCUT2D eigenvalue weighted by Gasteiger charge is -2.40. The summed E-state index contributed by atoms with van der Waals surface area (Å²) in [7, 11) is -4.15. The van der Waals surface area contributed by atoms with Gasteiger partial charge in [0.1, 0.15) is 12.1 Å². The van der Waals surface area contributed by atoms with E-state index in [1.165, 1.54) is 0 Å². The molecule has 8 nitrogen and oxygen atoms in total. The summed E-state index contributed by atoms with van der Waals surface area (Å²) >= 11 is 6.40. The molecule has 0 fully saturated rings. The van der Waals surface area contributed by atoms with Crippen LogP contribution >= 0.6 is 11.6 Å². The molecule has 0 saturated carbocycles. The molecular formula is C32H49ClN4O4Si2. The van der Waals surface area contributed by atoms with Crippen LogP contribution in [0.15, 0.2) is 36.4 Å². The van der Waals surface area contributed by atoms with Crippen LogP contribution in [0.1, 0.15) is 75.5 Å². The number of amides is 2. The fourth-order valence-corrected chi connectivity index (χ4v) is 6.29. The number of carbonyl (C=O) groups is 2. The first kappa shape index (κ1) is 36.5. The molecule has 2 amide bonds. The van der Waals surface area contributed by atoms with Crippen molar-refractivity contribution in [3.05, 3.63) is 63.7 Å². The van der Waals surface area contributed by atoms with Crippen LogP contribution in [0, 0.1) is 18.3 Å². The minimum absolute atomic E-state index is 0.0773. The highest BCUT2D eigenvalue weighted by atomic mass is 35.5. The molecule has 0 spiro atoms. The molecule has 0 bridgehead atoms. The number of nitriles is 1. The van der Waals surface area contributed by atoms with Crippen LogP contribution in [0.2, 0.25) is 41.3 Å². The van der Waals surface area contributed by atoms with Gasteiger partial charge in [-0.15, -0.1) is 0 Å². The first-order valence-corrected chi connectivity index (χ1v) is 20.8. The Balaban J connectivity index is 2.19. The zero-order valence-corrected chi connectivity index (χ0v) is 30.5. The number of anilines is 1. The number of benzene rings is 2. The molecule has 3 N–H and O–H groups in total. The minimum Gasteiger partial charge on any atom is -0.413 e. The number of halogens is 1. The number of hydrazine groups is 1. The largest absolute Gasteiger partial charge is 0.413 e. The van der Waals surface area contributed by atoms with Crippen molar-refractivity contribution < 1.29 is 18.4 Å². The van der Waals surface area contributed by atoms with E-state index in [0.717, 1.165) is 5.56 Å². The summed E-state index contributed by atoms with van der Waals surface area (Å²) in [6, 6.07) is 11.7. The number of hydrogen-bond donors (Lipinski definition) is 3. The van der Waals surface area contributed by atoms with Gasteiger partial charge in [-0.1, -0.05) is 65.3 Å². The molecule has 2 aromatic carbocycles. The van der Waals surface area contributed by atoms with Gasteiger partial charge < -0.3 is 14.2 Å². The maximum absolute atomic E-state index is 13.5. The molecule has 0 aliphatic rings. The van der Waals surface area contributed by atoms with E-state index >= 15 is 0 Å². The second-order valence-corrected chi connectivity index (χ2v) is 24.0. The van der Waals surface area contributed by atoms with Gasteiger partial charge in [0, 0.05) is 11.3 Å². The van der Waals surface area contributed by atoms with Gasteiger partial charge >= 0.3 is 0 Å². The topological polar surface area (TPSA) is 112 Å². The number of rotatable bonds is 10. The Labute approximate surface area is 265 Å². The Morgan fingerprint density at radius 1 is 0.930 bits per heavy atom. The maximum atomic E-state index is 13.5. The van der Waals surface area contributed by atoms with E-state index < -0.39 is 40.6 Å². The SMILES string of the molecule is Cc1c(N[C@@H](C(=O)NNC(=O)c2ccc(CO[Si](C)(C)C(C)(C)C)cc2)[C@H](C)O[Si](C)(C)C(C)(C)C)ccc(C#N)c1Cl. The lowest BCUT2D eigenvalue weighted by molar-refractivity contribution is -0.124. The van der Waals surface area contributed by atoms with Crippen LogP contribution in [-0.2, 0) is 20.3 Å². The number of nitrogens with zero attached hydrogens (tertiary/aromatic N) is 1. The molecule has 0 aliphatic heterocycles. The number of nitrogens with one attached hydrogen (secondary N) is 3. The molecule has 0 unspecified atom stereocenters. The van der Waals surface area contributed by atoms with Crippen LogP contribution < -0.4 is 16.2 Å². The Bertz CT molecular complexity index is 1340. The first-order chi connectivity index (χ1) is 19.6. The summed E-state index contributed by atoms with van der Waals surface area (Å²) in [5.74, 6) is -0.918. The monoisotopic (exact) mass is 644 g/mol. The third kappa shape index (κ3) is 9.40. The van der Waals surface area contributed by atoms with Crippen molar-refractivity contribution in [3.8, 4) is 6.07 Å². The van der Waals surface area contributed by atoms with Crippen LogP contribution in [0.25, 0.3) is 0 Å². The van der Waals surface area contributed by atoms with E-state index in [0.29, 0.717) is 34.0 Å². The molecule has 0 radical (unpaired) electrons. The van der Waals surface area contributed by atoms with Crippen molar-refractivity contribution >= 4 is 45.7 Å². The van der Waals surface area contributed by atoms with E-state index in [9.17, 15) is 14.9 Å². The summed E-state index contributed by atoms with van der Waals surface area (Å²) in [5.41, 5.74) is 8.07. The Morgan fingerprint density at radius 2 is 1.49 bits per heavy atom. The number of carbonyl (C=O) groups excluding carboxylic acids is 2. The number of hydrogen-bond acceptors (Lipinski definition) is 6. The highest BCUT2D eigenvalue weighted by Crippen LogP contribution is 2.38. The summed E-state index contributed by atoms with van der Waals surface area (Å²) < 4.78 is 12.8. The van der Waals surface area contributed by atoms with E-state index in [4.69, 9.17) is 20.5 Å². The predicted octanol–water partition coefficient (Wildman–Crippen LogP) is 7.69. The van der Waals surface area contributed by atoms with Crippen LogP contribution in [0.4, 0.5) is 5.69 Å². The lowest BCUT2D eigenvalue weighted by Crippen LogP contribution is -2.55. The lowest BCUT2D eigenvalue weighted by atomic mass is 10.1. The van der Waals surface area contributed by atoms with Crippen LogP contribution in [0.5, 0.6) is 0 Å².